The summed E-state index contributed by atoms with van der Waals surface area (Å²) in [6, 6.07) is 4.90. The van der Waals surface area contributed by atoms with E-state index >= 15 is 0 Å². The molecule has 1 aromatic carbocycles. The quantitative estimate of drug-likeness (QED) is 0.729. The largest absolute Gasteiger partial charge is 0.399 e. The van der Waals surface area contributed by atoms with Gasteiger partial charge < -0.3 is 16.4 Å². The first-order valence-electron chi connectivity index (χ1n) is 6.69. The van der Waals surface area contributed by atoms with Crippen LogP contribution in [0.2, 0.25) is 5.02 Å². The van der Waals surface area contributed by atoms with Crippen LogP contribution in [0.3, 0.4) is 0 Å². The highest BCUT2D eigenvalue weighted by molar-refractivity contribution is 6.33. The SMILES string of the molecule is CC1(C)C(=O)NCCN1CC(=O)Nc1cc(N)ccc1Cl. The third kappa shape index (κ3) is 3.46. The monoisotopic (exact) mass is 310 g/mol. The van der Waals surface area contributed by atoms with Crippen LogP contribution < -0.4 is 16.4 Å². The highest BCUT2D eigenvalue weighted by Crippen LogP contribution is 2.24. The fourth-order valence-electron chi connectivity index (χ4n) is 2.22. The summed E-state index contributed by atoms with van der Waals surface area (Å²) in [6.45, 7) is 4.86. The van der Waals surface area contributed by atoms with Gasteiger partial charge in [-0.3, -0.25) is 14.5 Å². The molecule has 21 heavy (non-hydrogen) atoms. The van der Waals surface area contributed by atoms with Crippen molar-refractivity contribution >= 4 is 34.8 Å². The first-order valence-corrected chi connectivity index (χ1v) is 7.07. The van der Waals surface area contributed by atoms with Crippen molar-refractivity contribution in [3.63, 3.8) is 0 Å². The van der Waals surface area contributed by atoms with Crippen molar-refractivity contribution in [2.45, 2.75) is 19.4 Å². The average molecular weight is 311 g/mol. The second kappa shape index (κ2) is 5.91. The molecule has 2 amide bonds. The van der Waals surface area contributed by atoms with E-state index in [2.05, 4.69) is 10.6 Å². The fraction of sp³-hybridized carbons (Fsp3) is 0.429. The third-order valence-corrected chi connectivity index (χ3v) is 3.94. The number of anilines is 2. The number of benzene rings is 1. The molecule has 1 aromatic rings. The number of nitrogen functional groups attached to an aromatic ring is 1. The molecule has 1 saturated heterocycles. The zero-order valence-corrected chi connectivity index (χ0v) is 12.8. The molecule has 1 aliphatic heterocycles. The molecular weight excluding hydrogens is 292 g/mol. The Hall–Kier alpha value is -1.79. The van der Waals surface area contributed by atoms with Gasteiger partial charge in [-0.1, -0.05) is 11.6 Å². The van der Waals surface area contributed by atoms with E-state index in [9.17, 15) is 9.59 Å². The van der Waals surface area contributed by atoms with Crippen LogP contribution in [0, 0.1) is 0 Å². The van der Waals surface area contributed by atoms with Gasteiger partial charge in [0, 0.05) is 18.8 Å². The average Bonchev–Trinajstić information content (AvgIpc) is 2.40. The van der Waals surface area contributed by atoms with Gasteiger partial charge in [0.15, 0.2) is 0 Å². The minimum Gasteiger partial charge on any atom is -0.399 e. The van der Waals surface area contributed by atoms with Gasteiger partial charge in [-0.15, -0.1) is 0 Å². The molecule has 4 N–H and O–H groups in total. The molecule has 0 saturated carbocycles. The van der Waals surface area contributed by atoms with Crippen LogP contribution in [0.4, 0.5) is 11.4 Å². The Kier molecular flexibility index (Phi) is 4.39. The van der Waals surface area contributed by atoms with Gasteiger partial charge in [-0.25, -0.2) is 0 Å². The minimum absolute atomic E-state index is 0.0801. The number of nitrogens with zero attached hydrogens (tertiary/aromatic N) is 1. The number of hydrogen-bond donors (Lipinski definition) is 3. The maximum Gasteiger partial charge on any atom is 0.240 e. The molecule has 2 rings (SSSR count). The molecule has 0 radical (unpaired) electrons. The first-order chi connectivity index (χ1) is 9.80. The zero-order valence-electron chi connectivity index (χ0n) is 12.1. The molecule has 0 spiro atoms. The second-order valence-corrected chi connectivity index (χ2v) is 5.93. The van der Waals surface area contributed by atoms with Crippen molar-refractivity contribution in [1.29, 1.82) is 0 Å². The number of halogens is 1. The summed E-state index contributed by atoms with van der Waals surface area (Å²) in [7, 11) is 0. The van der Waals surface area contributed by atoms with Crippen LogP contribution in [0.25, 0.3) is 0 Å². The molecule has 0 bridgehead atoms. The molecule has 6 nitrogen and oxygen atoms in total. The lowest BCUT2D eigenvalue weighted by Gasteiger charge is -2.40. The Morgan fingerprint density at radius 3 is 2.95 bits per heavy atom. The van der Waals surface area contributed by atoms with Gasteiger partial charge >= 0.3 is 0 Å². The first kappa shape index (κ1) is 15.6. The van der Waals surface area contributed by atoms with Crippen LogP contribution in [0.5, 0.6) is 0 Å². The number of hydrogen-bond acceptors (Lipinski definition) is 4. The summed E-state index contributed by atoms with van der Waals surface area (Å²) in [4.78, 5) is 25.8. The minimum atomic E-state index is -0.713. The van der Waals surface area contributed by atoms with E-state index in [1.165, 1.54) is 0 Å². The Morgan fingerprint density at radius 2 is 2.24 bits per heavy atom. The standard InChI is InChI=1S/C14H19ClN4O2/c1-14(2)13(21)17-5-6-19(14)8-12(20)18-11-7-9(16)3-4-10(11)15/h3-4,7H,5-6,8,16H2,1-2H3,(H,17,21)(H,18,20). The number of rotatable bonds is 3. The lowest BCUT2D eigenvalue weighted by molar-refractivity contribution is -0.136. The molecular formula is C14H19ClN4O2. The van der Waals surface area contributed by atoms with Gasteiger partial charge in [-0.05, 0) is 32.0 Å². The van der Waals surface area contributed by atoms with Crippen LogP contribution in [-0.4, -0.2) is 41.9 Å². The molecule has 7 heteroatoms. The summed E-state index contributed by atoms with van der Waals surface area (Å²) in [6.07, 6.45) is 0. The van der Waals surface area contributed by atoms with Crippen LogP contribution in [-0.2, 0) is 9.59 Å². The number of nitrogens with one attached hydrogen (secondary N) is 2. The van der Waals surface area contributed by atoms with Crippen LogP contribution in [0.15, 0.2) is 18.2 Å². The van der Waals surface area contributed by atoms with Crippen molar-refractivity contribution in [2.24, 2.45) is 0 Å². The molecule has 0 atom stereocenters. The highest BCUT2D eigenvalue weighted by Gasteiger charge is 2.38. The number of amides is 2. The summed E-state index contributed by atoms with van der Waals surface area (Å²) < 4.78 is 0. The van der Waals surface area contributed by atoms with E-state index in [0.29, 0.717) is 29.5 Å². The number of carbonyl (C=O) groups excluding carboxylic acids is 2. The van der Waals surface area contributed by atoms with Gasteiger partial charge in [0.05, 0.1) is 22.8 Å². The Labute approximate surface area is 128 Å². The predicted octanol–water partition coefficient (Wildman–Crippen LogP) is 1.07. The maximum absolute atomic E-state index is 12.2. The van der Waals surface area contributed by atoms with E-state index in [1.807, 2.05) is 4.90 Å². The molecule has 0 aliphatic carbocycles. The molecule has 1 heterocycles. The van der Waals surface area contributed by atoms with E-state index in [0.717, 1.165) is 0 Å². The van der Waals surface area contributed by atoms with Crippen molar-refractivity contribution < 1.29 is 9.59 Å². The summed E-state index contributed by atoms with van der Waals surface area (Å²) in [5, 5.41) is 5.94. The van der Waals surface area contributed by atoms with E-state index in [4.69, 9.17) is 17.3 Å². The Bertz CT molecular complexity index is 574. The molecule has 114 valence electrons. The topological polar surface area (TPSA) is 87.5 Å². The van der Waals surface area contributed by atoms with Crippen LogP contribution in [0.1, 0.15) is 13.8 Å². The highest BCUT2D eigenvalue weighted by atomic mass is 35.5. The van der Waals surface area contributed by atoms with Crippen molar-refractivity contribution in [3.8, 4) is 0 Å². The Balaban J connectivity index is 2.04. The summed E-state index contributed by atoms with van der Waals surface area (Å²) in [5.74, 6) is -0.311. The third-order valence-electron chi connectivity index (χ3n) is 3.61. The van der Waals surface area contributed by atoms with E-state index in [-0.39, 0.29) is 18.4 Å². The molecule has 0 unspecified atom stereocenters. The lowest BCUT2D eigenvalue weighted by Crippen LogP contribution is -2.62. The van der Waals surface area contributed by atoms with Gasteiger partial charge in [0.1, 0.15) is 0 Å². The number of carbonyl (C=O) groups is 2. The lowest BCUT2D eigenvalue weighted by atomic mass is 9.99. The molecule has 1 fully saturated rings. The molecule has 1 aliphatic rings. The second-order valence-electron chi connectivity index (χ2n) is 5.52. The summed E-state index contributed by atoms with van der Waals surface area (Å²) >= 11 is 6.01. The predicted molar refractivity (Wildman–Crippen MR) is 83.2 cm³/mol. The normalized spacial score (nSPS) is 18.1. The maximum atomic E-state index is 12.2. The zero-order chi connectivity index (χ0) is 15.6. The van der Waals surface area contributed by atoms with Gasteiger partial charge in [0.25, 0.3) is 0 Å². The fourth-order valence-corrected chi connectivity index (χ4v) is 2.39. The van der Waals surface area contributed by atoms with E-state index in [1.54, 1.807) is 32.0 Å². The molecule has 0 aromatic heterocycles. The van der Waals surface area contributed by atoms with Gasteiger partial charge in [-0.2, -0.15) is 0 Å². The van der Waals surface area contributed by atoms with Crippen molar-refractivity contribution in [2.75, 3.05) is 30.7 Å². The smallest absolute Gasteiger partial charge is 0.240 e. The van der Waals surface area contributed by atoms with E-state index < -0.39 is 5.54 Å². The summed E-state index contributed by atoms with van der Waals surface area (Å²) in [5.41, 5.74) is 5.96. The number of nitrogens with two attached hydrogens (primary N) is 1. The Morgan fingerprint density at radius 1 is 1.52 bits per heavy atom. The van der Waals surface area contributed by atoms with Crippen molar-refractivity contribution in [3.05, 3.63) is 23.2 Å². The van der Waals surface area contributed by atoms with Crippen LogP contribution >= 0.6 is 11.6 Å². The van der Waals surface area contributed by atoms with Gasteiger partial charge in [0.2, 0.25) is 11.8 Å². The van der Waals surface area contributed by atoms with Crippen molar-refractivity contribution in [1.82, 2.24) is 10.2 Å². The number of piperazine rings is 1.